The number of benzene rings is 1. The molecule has 116 valence electrons. The van der Waals surface area contributed by atoms with Crippen LogP contribution in [0.2, 0.25) is 0 Å². The Labute approximate surface area is 132 Å². The van der Waals surface area contributed by atoms with E-state index in [4.69, 9.17) is 5.73 Å². The van der Waals surface area contributed by atoms with Crippen LogP contribution >= 0.6 is 11.8 Å². The number of nitrogens with two attached hydrogens (primary N) is 1. The predicted molar refractivity (Wildman–Crippen MR) is 89.4 cm³/mol. The molecule has 1 fully saturated rings. The zero-order valence-corrected chi connectivity index (χ0v) is 13.8. The summed E-state index contributed by atoms with van der Waals surface area (Å²) in [6.45, 7) is 3.95. The van der Waals surface area contributed by atoms with Gasteiger partial charge in [0.2, 0.25) is 5.91 Å². The van der Waals surface area contributed by atoms with E-state index in [9.17, 15) is 4.79 Å². The number of amides is 1. The largest absolute Gasteiger partial charge is 0.352 e. The van der Waals surface area contributed by atoms with Gasteiger partial charge in [-0.2, -0.15) is 0 Å². The van der Waals surface area contributed by atoms with Gasteiger partial charge in [-0.25, -0.2) is 0 Å². The van der Waals surface area contributed by atoms with Crippen LogP contribution in [0.3, 0.4) is 0 Å². The van der Waals surface area contributed by atoms with E-state index in [1.54, 1.807) is 11.8 Å². The van der Waals surface area contributed by atoms with Crippen molar-refractivity contribution in [1.82, 2.24) is 5.32 Å². The third kappa shape index (κ3) is 5.04. The number of carbonyl (C=O) groups is 1. The fourth-order valence-electron chi connectivity index (χ4n) is 2.67. The number of hydrogen-bond donors (Lipinski definition) is 2. The third-order valence-electron chi connectivity index (χ3n) is 4.04. The Kier molecular flexibility index (Phi) is 6.12. The molecule has 0 saturated heterocycles. The van der Waals surface area contributed by atoms with E-state index in [1.807, 2.05) is 38.1 Å². The number of rotatable bonds is 5. The van der Waals surface area contributed by atoms with Crippen LogP contribution in [-0.4, -0.2) is 17.2 Å². The van der Waals surface area contributed by atoms with Crippen molar-refractivity contribution in [3.63, 3.8) is 0 Å². The smallest absolute Gasteiger partial charge is 0.233 e. The number of hydrogen-bond acceptors (Lipinski definition) is 3. The van der Waals surface area contributed by atoms with E-state index in [-0.39, 0.29) is 17.2 Å². The molecule has 0 bridgehead atoms. The second-order valence-corrected chi connectivity index (χ2v) is 7.38. The molecule has 1 aromatic rings. The fraction of sp³-hybridized carbons (Fsp3) is 0.588. The molecule has 3 N–H and O–H groups in total. The molecule has 21 heavy (non-hydrogen) atoms. The van der Waals surface area contributed by atoms with E-state index in [2.05, 4.69) is 5.32 Å². The average Bonchev–Trinajstić information content (AvgIpc) is 2.48. The fourth-order valence-corrected chi connectivity index (χ4v) is 3.55. The Hall–Kier alpha value is -1.00. The molecule has 2 rings (SSSR count). The van der Waals surface area contributed by atoms with Crippen LogP contribution in [0.4, 0.5) is 0 Å². The Bertz CT molecular complexity index is 452. The molecule has 1 aliphatic carbocycles. The minimum atomic E-state index is -0.0620. The van der Waals surface area contributed by atoms with Gasteiger partial charge >= 0.3 is 0 Å². The second-order valence-electron chi connectivity index (χ2n) is 5.96. The Morgan fingerprint density at radius 1 is 1.19 bits per heavy atom. The molecule has 0 radical (unpaired) electrons. The van der Waals surface area contributed by atoms with Crippen molar-refractivity contribution in [2.45, 2.75) is 68.2 Å². The van der Waals surface area contributed by atoms with Crippen LogP contribution in [0.25, 0.3) is 0 Å². The molecule has 0 spiro atoms. The van der Waals surface area contributed by atoms with E-state index >= 15 is 0 Å². The first-order valence-electron chi connectivity index (χ1n) is 7.89. The molecule has 2 atom stereocenters. The van der Waals surface area contributed by atoms with Crippen LogP contribution in [0.1, 0.15) is 57.6 Å². The summed E-state index contributed by atoms with van der Waals surface area (Å²) >= 11 is 1.61. The molecule has 1 aliphatic rings. The van der Waals surface area contributed by atoms with Gasteiger partial charge in [-0.1, -0.05) is 31.4 Å². The summed E-state index contributed by atoms with van der Waals surface area (Å²) in [6, 6.07) is 8.62. The van der Waals surface area contributed by atoms with Crippen LogP contribution in [0.15, 0.2) is 29.2 Å². The number of thioether (sulfide) groups is 1. The summed E-state index contributed by atoms with van der Waals surface area (Å²) in [4.78, 5) is 13.4. The third-order valence-corrected chi connectivity index (χ3v) is 5.15. The molecule has 2 unspecified atom stereocenters. The minimum Gasteiger partial charge on any atom is -0.352 e. The highest BCUT2D eigenvalue weighted by atomic mass is 32.2. The zero-order chi connectivity index (χ0) is 15.2. The molecular formula is C17H26N2OS. The second kappa shape index (κ2) is 7.85. The summed E-state index contributed by atoms with van der Waals surface area (Å²) in [5.41, 5.74) is 6.97. The molecule has 0 heterocycles. The lowest BCUT2D eigenvalue weighted by Crippen LogP contribution is -2.40. The summed E-state index contributed by atoms with van der Waals surface area (Å²) in [5.74, 6) is 0.156. The average molecular weight is 306 g/mol. The van der Waals surface area contributed by atoms with Gasteiger partial charge in [0.15, 0.2) is 0 Å². The highest BCUT2D eigenvalue weighted by Crippen LogP contribution is 2.25. The topological polar surface area (TPSA) is 55.1 Å². The van der Waals surface area contributed by atoms with Crippen molar-refractivity contribution in [2.75, 3.05) is 0 Å². The summed E-state index contributed by atoms with van der Waals surface area (Å²) in [7, 11) is 0. The quantitative estimate of drug-likeness (QED) is 0.817. The minimum absolute atomic E-state index is 0.0519. The molecule has 3 nitrogen and oxygen atoms in total. The Morgan fingerprint density at radius 3 is 2.38 bits per heavy atom. The van der Waals surface area contributed by atoms with Crippen LogP contribution in [0, 0.1) is 0 Å². The Morgan fingerprint density at radius 2 is 1.81 bits per heavy atom. The van der Waals surface area contributed by atoms with E-state index < -0.39 is 0 Å². The number of nitrogens with one attached hydrogen (secondary N) is 1. The van der Waals surface area contributed by atoms with E-state index in [1.165, 1.54) is 19.3 Å². The SMILES string of the molecule is CC(Sc1ccc(C(C)N)cc1)C(=O)NC1CCCCC1. The van der Waals surface area contributed by atoms with Crippen molar-refractivity contribution in [2.24, 2.45) is 5.73 Å². The summed E-state index contributed by atoms with van der Waals surface area (Å²) in [6.07, 6.45) is 6.05. The predicted octanol–water partition coefficient (Wildman–Crippen LogP) is 3.64. The van der Waals surface area contributed by atoms with Crippen LogP contribution < -0.4 is 11.1 Å². The highest BCUT2D eigenvalue weighted by Gasteiger charge is 2.20. The van der Waals surface area contributed by atoms with Crippen molar-refractivity contribution >= 4 is 17.7 Å². The van der Waals surface area contributed by atoms with Gasteiger partial charge in [0.05, 0.1) is 5.25 Å². The lowest BCUT2D eigenvalue weighted by atomic mass is 9.95. The van der Waals surface area contributed by atoms with E-state index in [0.29, 0.717) is 6.04 Å². The zero-order valence-electron chi connectivity index (χ0n) is 13.0. The van der Waals surface area contributed by atoms with Gasteiger partial charge in [-0.3, -0.25) is 4.79 Å². The highest BCUT2D eigenvalue weighted by molar-refractivity contribution is 8.00. The molecular weight excluding hydrogens is 280 g/mol. The van der Waals surface area contributed by atoms with Crippen molar-refractivity contribution in [3.8, 4) is 0 Å². The first-order chi connectivity index (χ1) is 10.1. The molecule has 0 aliphatic heterocycles. The Balaban J connectivity index is 1.84. The van der Waals surface area contributed by atoms with Crippen LogP contribution in [-0.2, 0) is 4.79 Å². The molecule has 1 amide bonds. The maximum absolute atomic E-state index is 12.2. The van der Waals surface area contributed by atoms with Crippen molar-refractivity contribution in [3.05, 3.63) is 29.8 Å². The van der Waals surface area contributed by atoms with Gasteiger partial charge in [-0.05, 0) is 44.4 Å². The standard InChI is InChI=1S/C17H26N2OS/c1-12(18)14-8-10-16(11-9-14)21-13(2)17(20)19-15-6-4-3-5-7-15/h8-13,15H,3-7,18H2,1-2H3,(H,19,20). The maximum Gasteiger partial charge on any atom is 0.233 e. The van der Waals surface area contributed by atoms with Crippen molar-refractivity contribution < 1.29 is 4.79 Å². The molecule has 0 aromatic heterocycles. The van der Waals surface area contributed by atoms with Crippen LogP contribution in [0.5, 0.6) is 0 Å². The van der Waals surface area contributed by atoms with Gasteiger partial charge in [-0.15, -0.1) is 11.8 Å². The molecule has 4 heteroatoms. The van der Waals surface area contributed by atoms with Gasteiger partial charge in [0.25, 0.3) is 0 Å². The van der Waals surface area contributed by atoms with Crippen molar-refractivity contribution in [1.29, 1.82) is 0 Å². The van der Waals surface area contributed by atoms with E-state index in [0.717, 1.165) is 23.3 Å². The first kappa shape index (κ1) is 16.4. The molecule has 1 aromatic carbocycles. The first-order valence-corrected chi connectivity index (χ1v) is 8.77. The summed E-state index contributed by atoms with van der Waals surface area (Å²) in [5, 5.41) is 3.13. The van der Waals surface area contributed by atoms with Gasteiger partial charge < -0.3 is 11.1 Å². The normalized spacial score (nSPS) is 19.0. The summed E-state index contributed by atoms with van der Waals surface area (Å²) < 4.78 is 0. The lowest BCUT2D eigenvalue weighted by molar-refractivity contribution is -0.121. The van der Waals surface area contributed by atoms with Gasteiger partial charge in [0, 0.05) is 17.0 Å². The lowest BCUT2D eigenvalue weighted by Gasteiger charge is -2.24. The monoisotopic (exact) mass is 306 g/mol. The number of carbonyl (C=O) groups excluding carboxylic acids is 1. The molecule has 1 saturated carbocycles. The van der Waals surface area contributed by atoms with Gasteiger partial charge in [0.1, 0.15) is 0 Å². The maximum atomic E-state index is 12.2.